The summed E-state index contributed by atoms with van der Waals surface area (Å²) in [5.74, 6) is 0.681. The van der Waals surface area contributed by atoms with Crippen LogP contribution in [0.4, 0.5) is 0 Å². The van der Waals surface area contributed by atoms with Crippen molar-refractivity contribution in [2.75, 3.05) is 26.4 Å². The molecule has 4 rings (SSSR count). The third kappa shape index (κ3) is 3.48. The SMILES string of the molecule is CC(CC1CO1)(CC1CO1)C(CC1CO1)CC1CO1. The van der Waals surface area contributed by atoms with E-state index in [9.17, 15) is 0 Å². The summed E-state index contributed by atoms with van der Waals surface area (Å²) in [7, 11) is 0. The first kappa shape index (κ1) is 12.6. The van der Waals surface area contributed by atoms with Crippen LogP contribution in [-0.4, -0.2) is 50.8 Å². The average Bonchev–Trinajstić information content (AvgIpc) is 3.19. The van der Waals surface area contributed by atoms with Crippen LogP contribution in [0.2, 0.25) is 0 Å². The molecule has 0 radical (unpaired) electrons. The van der Waals surface area contributed by atoms with Gasteiger partial charge in [-0.2, -0.15) is 0 Å². The molecule has 0 saturated carbocycles. The Morgan fingerprint density at radius 2 is 1.16 bits per heavy atom. The number of ether oxygens (including phenoxy) is 4. The normalized spacial score (nSPS) is 43.4. The molecule has 0 amide bonds. The lowest BCUT2D eigenvalue weighted by atomic mass is 9.67. The highest BCUT2D eigenvalue weighted by atomic mass is 16.6. The van der Waals surface area contributed by atoms with Gasteiger partial charge in [-0.25, -0.2) is 0 Å². The lowest BCUT2D eigenvalue weighted by Gasteiger charge is -2.37. The van der Waals surface area contributed by atoms with Crippen LogP contribution in [0.15, 0.2) is 0 Å². The molecule has 4 unspecified atom stereocenters. The first-order chi connectivity index (χ1) is 9.21. The second kappa shape index (κ2) is 4.69. The van der Waals surface area contributed by atoms with Crippen molar-refractivity contribution in [2.45, 2.75) is 57.0 Å². The Bertz CT molecular complexity index is 301. The Kier molecular flexibility index (Phi) is 3.10. The van der Waals surface area contributed by atoms with E-state index in [-0.39, 0.29) is 0 Å². The summed E-state index contributed by atoms with van der Waals surface area (Å²) in [6.07, 6.45) is 6.73. The predicted octanol–water partition coefficient (Wildman–Crippen LogP) is 1.76. The van der Waals surface area contributed by atoms with E-state index in [1.807, 2.05) is 0 Å². The topological polar surface area (TPSA) is 50.1 Å². The molecule has 4 atom stereocenters. The maximum Gasteiger partial charge on any atom is 0.0815 e. The van der Waals surface area contributed by atoms with Crippen LogP contribution in [0.5, 0.6) is 0 Å². The lowest BCUT2D eigenvalue weighted by molar-refractivity contribution is 0.0934. The first-order valence-electron chi connectivity index (χ1n) is 7.68. The van der Waals surface area contributed by atoms with Crippen molar-refractivity contribution >= 4 is 0 Å². The largest absolute Gasteiger partial charge is 0.373 e. The van der Waals surface area contributed by atoms with E-state index in [1.54, 1.807) is 0 Å². The van der Waals surface area contributed by atoms with E-state index >= 15 is 0 Å². The number of hydrogen-bond donors (Lipinski definition) is 0. The van der Waals surface area contributed by atoms with Gasteiger partial charge in [0, 0.05) is 0 Å². The lowest BCUT2D eigenvalue weighted by Crippen LogP contribution is -2.33. The van der Waals surface area contributed by atoms with Crippen LogP contribution >= 0.6 is 0 Å². The highest BCUT2D eigenvalue weighted by Crippen LogP contribution is 2.48. The quantitative estimate of drug-likeness (QED) is 0.598. The van der Waals surface area contributed by atoms with Crippen molar-refractivity contribution in [1.82, 2.24) is 0 Å². The molecule has 0 spiro atoms. The molecule has 4 heteroatoms. The minimum Gasteiger partial charge on any atom is -0.373 e. The summed E-state index contributed by atoms with van der Waals surface area (Å²) < 4.78 is 21.9. The molecular weight excluding hydrogens is 244 g/mol. The fourth-order valence-corrected chi connectivity index (χ4v) is 3.54. The van der Waals surface area contributed by atoms with Crippen molar-refractivity contribution in [3.05, 3.63) is 0 Å². The van der Waals surface area contributed by atoms with Gasteiger partial charge in [-0.05, 0) is 37.0 Å². The molecule has 0 aliphatic carbocycles. The van der Waals surface area contributed by atoms with Crippen LogP contribution in [0.3, 0.4) is 0 Å². The molecule has 4 heterocycles. The van der Waals surface area contributed by atoms with E-state index in [0.29, 0.717) is 35.7 Å². The van der Waals surface area contributed by atoms with Crippen molar-refractivity contribution in [1.29, 1.82) is 0 Å². The van der Waals surface area contributed by atoms with E-state index in [0.717, 1.165) is 26.4 Å². The third-order valence-electron chi connectivity index (χ3n) is 5.08. The highest BCUT2D eigenvalue weighted by Gasteiger charge is 2.47. The van der Waals surface area contributed by atoms with E-state index in [1.165, 1.54) is 25.7 Å². The molecule has 108 valence electrons. The van der Waals surface area contributed by atoms with E-state index < -0.39 is 0 Å². The molecule has 19 heavy (non-hydrogen) atoms. The van der Waals surface area contributed by atoms with Gasteiger partial charge in [-0.1, -0.05) is 6.92 Å². The number of hydrogen-bond acceptors (Lipinski definition) is 4. The monoisotopic (exact) mass is 268 g/mol. The second-order valence-electron chi connectivity index (χ2n) is 7.05. The molecule has 4 aliphatic rings. The fourth-order valence-electron chi connectivity index (χ4n) is 3.54. The van der Waals surface area contributed by atoms with Crippen LogP contribution in [0, 0.1) is 11.3 Å². The molecule has 4 aliphatic heterocycles. The molecule has 0 N–H and O–H groups in total. The van der Waals surface area contributed by atoms with Crippen molar-refractivity contribution in [2.24, 2.45) is 11.3 Å². The average molecular weight is 268 g/mol. The maximum atomic E-state index is 5.49. The number of rotatable bonds is 9. The van der Waals surface area contributed by atoms with Crippen LogP contribution in [0.25, 0.3) is 0 Å². The van der Waals surface area contributed by atoms with Gasteiger partial charge in [0.05, 0.1) is 50.8 Å². The molecule has 4 fully saturated rings. The van der Waals surface area contributed by atoms with Gasteiger partial charge in [0.15, 0.2) is 0 Å². The summed E-state index contributed by atoms with van der Waals surface area (Å²) >= 11 is 0. The molecule has 4 nitrogen and oxygen atoms in total. The Labute approximate surface area is 114 Å². The molecular formula is C15H24O4. The van der Waals surface area contributed by atoms with Gasteiger partial charge in [-0.3, -0.25) is 0 Å². The summed E-state index contributed by atoms with van der Waals surface area (Å²) in [5.41, 5.74) is 0.320. The molecule has 0 aromatic heterocycles. The molecule has 4 saturated heterocycles. The van der Waals surface area contributed by atoms with Gasteiger partial charge >= 0.3 is 0 Å². The van der Waals surface area contributed by atoms with Crippen LogP contribution < -0.4 is 0 Å². The second-order valence-corrected chi connectivity index (χ2v) is 7.05. The van der Waals surface area contributed by atoms with Crippen LogP contribution in [0.1, 0.15) is 32.6 Å². The van der Waals surface area contributed by atoms with Crippen molar-refractivity contribution in [3.8, 4) is 0 Å². The van der Waals surface area contributed by atoms with E-state index in [4.69, 9.17) is 18.9 Å². The molecule has 0 aromatic rings. The maximum absolute atomic E-state index is 5.49. The van der Waals surface area contributed by atoms with Gasteiger partial charge in [0.1, 0.15) is 0 Å². The number of epoxide rings is 4. The van der Waals surface area contributed by atoms with Crippen molar-refractivity contribution in [3.63, 3.8) is 0 Å². The minimum atomic E-state index is 0.320. The fraction of sp³-hybridized carbons (Fsp3) is 1.00. The zero-order valence-electron chi connectivity index (χ0n) is 11.7. The predicted molar refractivity (Wildman–Crippen MR) is 69.0 cm³/mol. The Morgan fingerprint density at radius 3 is 1.47 bits per heavy atom. The van der Waals surface area contributed by atoms with E-state index in [2.05, 4.69) is 6.92 Å². The van der Waals surface area contributed by atoms with Gasteiger partial charge in [-0.15, -0.1) is 0 Å². The summed E-state index contributed by atoms with van der Waals surface area (Å²) in [6, 6.07) is 0. The Morgan fingerprint density at radius 1 is 0.789 bits per heavy atom. The highest BCUT2D eigenvalue weighted by molar-refractivity contribution is 4.96. The smallest absolute Gasteiger partial charge is 0.0815 e. The Balaban J connectivity index is 1.45. The standard InChI is InChI=1S/C15H24O4/c1-15(4-13-8-18-13,5-14-9-19-14)10(2-11-6-16-11)3-12-7-17-12/h10-14H,2-9H2,1H3. The van der Waals surface area contributed by atoms with Crippen molar-refractivity contribution < 1.29 is 18.9 Å². The molecule has 0 bridgehead atoms. The van der Waals surface area contributed by atoms with Gasteiger partial charge in [0.25, 0.3) is 0 Å². The molecule has 0 aromatic carbocycles. The summed E-state index contributed by atoms with van der Waals surface area (Å²) in [5, 5.41) is 0. The van der Waals surface area contributed by atoms with Gasteiger partial charge in [0.2, 0.25) is 0 Å². The summed E-state index contributed by atoms with van der Waals surface area (Å²) in [4.78, 5) is 0. The summed E-state index contributed by atoms with van der Waals surface area (Å²) in [6.45, 7) is 6.25. The van der Waals surface area contributed by atoms with Gasteiger partial charge < -0.3 is 18.9 Å². The first-order valence-corrected chi connectivity index (χ1v) is 7.68. The van der Waals surface area contributed by atoms with Crippen LogP contribution in [-0.2, 0) is 18.9 Å². The zero-order valence-corrected chi connectivity index (χ0v) is 11.7. The third-order valence-corrected chi connectivity index (χ3v) is 5.08. The zero-order chi connectivity index (χ0) is 12.9. The minimum absolute atomic E-state index is 0.320. The Hall–Kier alpha value is -0.160.